The van der Waals surface area contributed by atoms with Gasteiger partial charge in [0.15, 0.2) is 0 Å². The summed E-state index contributed by atoms with van der Waals surface area (Å²) < 4.78 is 5.84. The van der Waals surface area contributed by atoms with Crippen LogP contribution in [0.4, 0.5) is 5.82 Å². The highest BCUT2D eigenvalue weighted by molar-refractivity contribution is 7.16. The van der Waals surface area contributed by atoms with E-state index in [0.717, 1.165) is 48.6 Å². The first kappa shape index (κ1) is 14.1. The molecule has 4 rings (SSSR count). The molecule has 0 aliphatic carbocycles. The molecule has 3 aromatic rings. The van der Waals surface area contributed by atoms with E-state index in [0.29, 0.717) is 6.10 Å². The van der Waals surface area contributed by atoms with Crippen molar-refractivity contribution in [2.24, 2.45) is 0 Å². The monoisotopic (exact) mass is 331 g/mol. The average Bonchev–Trinajstić information content (AvgIpc) is 3.28. The lowest BCUT2D eigenvalue weighted by atomic mass is 10.2. The number of ether oxygens (including phenoxy) is 1. The van der Waals surface area contributed by atoms with E-state index < -0.39 is 0 Å². The summed E-state index contributed by atoms with van der Waals surface area (Å²) in [6.07, 6.45) is 4.28. The predicted octanol–water partition coefficient (Wildman–Crippen LogP) is 3.94. The summed E-state index contributed by atoms with van der Waals surface area (Å²) in [7, 11) is 0. The van der Waals surface area contributed by atoms with Crippen molar-refractivity contribution in [2.45, 2.75) is 25.5 Å². The Bertz CT molecular complexity index is 735. The second-order valence-corrected chi connectivity index (χ2v) is 7.36. The molecule has 22 heavy (non-hydrogen) atoms. The third-order valence-corrected chi connectivity index (χ3v) is 5.60. The van der Waals surface area contributed by atoms with Gasteiger partial charge in [0.05, 0.1) is 18.0 Å². The summed E-state index contributed by atoms with van der Waals surface area (Å²) in [6.45, 7) is 2.65. The molecule has 4 heterocycles. The molecule has 1 atom stereocenters. The van der Waals surface area contributed by atoms with Crippen molar-refractivity contribution in [2.75, 3.05) is 18.1 Å². The zero-order chi connectivity index (χ0) is 14.8. The Morgan fingerprint density at radius 1 is 1.23 bits per heavy atom. The summed E-state index contributed by atoms with van der Waals surface area (Å²) in [5.41, 5.74) is 0. The standard InChI is InChI=1S/C16H17N3OS2/c1-3-12(20-6-1)9-19(10-13-4-2-7-21-13)15-14-5-8-22-16(14)18-11-17-15/h2,4-5,7-8,11-12H,1,3,6,9-10H2. The van der Waals surface area contributed by atoms with Gasteiger partial charge in [-0.25, -0.2) is 9.97 Å². The van der Waals surface area contributed by atoms with Crippen LogP contribution in [0.15, 0.2) is 35.3 Å². The average molecular weight is 331 g/mol. The maximum Gasteiger partial charge on any atom is 0.141 e. The van der Waals surface area contributed by atoms with Crippen LogP contribution in [-0.4, -0.2) is 29.2 Å². The Morgan fingerprint density at radius 3 is 3.05 bits per heavy atom. The summed E-state index contributed by atoms with van der Waals surface area (Å²) in [4.78, 5) is 13.7. The quantitative estimate of drug-likeness (QED) is 0.710. The largest absolute Gasteiger partial charge is 0.376 e. The molecule has 0 aromatic carbocycles. The molecule has 0 bridgehead atoms. The van der Waals surface area contributed by atoms with E-state index in [1.165, 1.54) is 4.88 Å². The van der Waals surface area contributed by atoms with E-state index in [-0.39, 0.29) is 0 Å². The minimum absolute atomic E-state index is 0.309. The van der Waals surface area contributed by atoms with E-state index in [4.69, 9.17) is 4.74 Å². The Morgan fingerprint density at radius 2 is 2.23 bits per heavy atom. The Balaban J connectivity index is 1.67. The van der Waals surface area contributed by atoms with E-state index in [9.17, 15) is 0 Å². The smallest absolute Gasteiger partial charge is 0.141 e. The molecule has 0 saturated carbocycles. The van der Waals surface area contributed by atoms with Crippen molar-refractivity contribution in [3.63, 3.8) is 0 Å². The Kier molecular flexibility index (Phi) is 4.05. The minimum atomic E-state index is 0.309. The lowest BCUT2D eigenvalue weighted by Crippen LogP contribution is -2.32. The molecule has 0 N–H and O–H groups in total. The van der Waals surface area contributed by atoms with Gasteiger partial charge in [0.1, 0.15) is 17.0 Å². The molecular weight excluding hydrogens is 314 g/mol. The van der Waals surface area contributed by atoms with Gasteiger partial charge in [0, 0.05) is 18.0 Å². The van der Waals surface area contributed by atoms with Gasteiger partial charge in [0.25, 0.3) is 0 Å². The first-order valence-corrected chi connectivity index (χ1v) is 9.23. The third kappa shape index (κ3) is 2.86. The van der Waals surface area contributed by atoms with Crippen LogP contribution in [0, 0.1) is 0 Å². The Labute approximate surface area is 137 Å². The maximum atomic E-state index is 5.84. The summed E-state index contributed by atoms with van der Waals surface area (Å²) in [6, 6.07) is 6.40. The number of nitrogens with zero attached hydrogens (tertiary/aromatic N) is 3. The third-order valence-electron chi connectivity index (χ3n) is 3.92. The zero-order valence-electron chi connectivity index (χ0n) is 12.1. The highest BCUT2D eigenvalue weighted by Gasteiger charge is 2.22. The van der Waals surface area contributed by atoms with Gasteiger partial charge in [-0.1, -0.05) is 6.07 Å². The van der Waals surface area contributed by atoms with Crippen LogP contribution in [0.5, 0.6) is 0 Å². The van der Waals surface area contributed by atoms with Crippen LogP contribution < -0.4 is 4.90 Å². The fraction of sp³-hybridized carbons (Fsp3) is 0.375. The molecule has 1 aliphatic rings. The molecule has 6 heteroatoms. The van der Waals surface area contributed by atoms with E-state index in [2.05, 4.69) is 43.8 Å². The number of hydrogen-bond donors (Lipinski definition) is 0. The van der Waals surface area contributed by atoms with Crippen molar-refractivity contribution in [3.8, 4) is 0 Å². The number of aromatic nitrogens is 2. The SMILES string of the molecule is c1csc(CN(CC2CCCO2)c2ncnc3sccc23)c1. The summed E-state index contributed by atoms with van der Waals surface area (Å²) in [5.74, 6) is 1.02. The lowest BCUT2D eigenvalue weighted by molar-refractivity contribution is 0.115. The molecule has 0 radical (unpaired) electrons. The molecule has 1 saturated heterocycles. The minimum Gasteiger partial charge on any atom is -0.376 e. The van der Waals surface area contributed by atoms with Crippen LogP contribution in [0.3, 0.4) is 0 Å². The molecule has 114 valence electrons. The van der Waals surface area contributed by atoms with Gasteiger partial charge in [-0.2, -0.15) is 0 Å². The van der Waals surface area contributed by atoms with Crippen LogP contribution in [0.1, 0.15) is 17.7 Å². The van der Waals surface area contributed by atoms with Crippen molar-refractivity contribution in [3.05, 3.63) is 40.2 Å². The van der Waals surface area contributed by atoms with Crippen molar-refractivity contribution in [1.29, 1.82) is 0 Å². The normalized spacial score (nSPS) is 18.1. The van der Waals surface area contributed by atoms with Gasteiger partial charge in [-0.3, -0.25) is 0 Å². The van der Waals surface area contributed by atoms with Gasteiger partial charge in [-0.05, 0) is 35.7 Å². The first-order valence-electron chi connectivity index (χ1n) is 7.47. The van der Waals surface area contributed by atoms with Gasteiger partial charge in [-0.15, -0.1) is 22.7 Å². The second kappa shape index (κ2) is 6.32. The summed E-state index contributed by atoms with van der Waals surface area (Å²) in [5, 5.41) is 5.35. The molecule has 1 fully saturated rings. The molecule has 3 aromatic heterocycles. The first-order chi connectivity index (χ1) is 10.9. The molecule has 0 amide bonds. The number of anilines is 1. The lowest BCUT2D eigenvalue weighted by Gasteiger charge is -2.26. The summed E-state index contributed by atoms with van der Waals surface area (Å²) >= 11 is 3.45. The van der Waals surface area contributed by atoms with Gasteiger partial charge < -0.3 is 9.64 Å². The molecule has 1 aliphatic heterocycles. The van der Waals surface area contributed by atoms with Crippen LogP contribution in [0.2, 0.25) is 0 Å². The molecular formula is C16H17N3OS2. The number of thiophene rings is 2. The van der Waals surface area contributed by atoms with Crippen LogP contribution in [-0.2, 0) is 11.3 Å². The highest BCUT2D eigenvalue weighted by atomic mass is 32.1. The molecule has 4 nitrogen and oxygen atoms in total. The van der Waals surface area contributed by atoms with Gasteiger partial charge >= 0.3 is 0 Å². The van der Waals surface area contributed by atoms with Crippen molar-refractivity contribution >= 4 is 38.7 Å². The van der Waals surface area contributed by atoms with Crippen LogP contribution in [0.25, 0.3) is 10.2 Å². The number of fused-ring (bicyclic) bond motifs is 1. The molecule has 0 spiro atoms. The molecule has 1 unspecified atom stereocenters. The Hall–Kier alpha value is -1.50. The maximum absolute atomic E-state index is 5.84. The predicted molar refractivity (Wildman–Crippen MR) is 91.8 cm³/mol. The van der Waals surface area contributed by atoms with Crippen molar-refractivity contribution < 1.29 is 4.74 Å². The fourth-order valence-corrected chi connectivity index (χ4v) is 4.33. The zero-order valence-corrected chi connectivity index (χ0v) is 13.8. The second-order valence-electron chi connectivity index (χ2n) is 5.43. The topological polar surface area (TPSA) is 38.2 Å². The fourth-order valence-electron chi connectivity index (χ4n) is 2.88. The van der Waals surface area contributed by atoms with Gasteiger partial charge in [0.2, 0.25) is 0 Å². The van der Waals surface area contributed by atoms with E-state index in [1.54, 1.807) is 29.0 Å². The van der Waals surface area contributed by atoms with Crippen molar-refractivity contribution in [1.82, 2.24) is 9.97 Å². The number of rotatable bonds is 5. The van der Waals surface area contributed by atoms with E-state index >= 15 is 0 Å². The van der Waals surface area contributed by atoms with E-state index in [1.807, 2.05) is 0 Å². The van der Waals surface area contributed by atoms with Crippen LogP contribution >= 0.6 is 22.7 Å². The number of hydrogen-bond acceptors (Lipinski definition) is 6. The highest BCUT2D eigenvalue weighted by Crippen LogP contribution is 2.29.